The predicted molar refractivity (Wildman–Crippen MR) is 70.6 cm³/mol. The second-order valence-corrected chi connectivity index (χ2v) is 5.81. The van der Waals surface area contributed by atoms with Crippen LogP contribution in [-0.2, 0) is 16.4 Å². The third-order valence-electron chi connectivity index (χ3n) is 2.65. The number of nitrogen functional groups attached to an aromatic ring is 1. The van der Waals surface area contributed by atoms with E-state index in [4.69, 9.17) is 11.5 Å². The largest absolute Gasteiger partial charge is 0.399 e. The van der Waals surface area contributed by atoms with Crippen molar-refractivity contribution < 1.29 is 8.42 Å². The van der Waals surface area contributed by atoms with Gasteiger partial charge in [-0.2, -0.15) is 0 Å². The molecule has 0 aromatic heterocycles. The van der Waals surface area contributed by atoms with Crippen molar-refractivity contribution in [3.05, 3.63) is 54.1 Å². The highest BCUT2D eigenvalue weighted by molar-refractivity contribution is 7.91. The fourth-order valence-corrected chi connectivity index (χ4v) is 3.25. The summed E-state index contributed by atoms with van der Waals surface area (Å²) in [6.07, 6.45) is 0. The van der Waals surface area contributed by atoms with Crippen molar-refractivity contribution in [3.8, 4) is 0 Å². The Bertz CT molecular complexity index is 652. The molecule has 0 spiro atoms. The molecule has 2 rings (SSSR count). The summed E-state index contributed by atoms with van der Waals surface area (Å²) in [6, 6.07) is 12.9. The van der Waals surface area contributed by atoms with Crippen LogP contribution >= 0.6 is 0 Å². The quantitative estimate of drug-likeness (QED) is 0.822. The lowest BCUT2D eigenvalue weighted by molar-refractivity contribution is 0.595. The first-order valence-corrected chi connectivity index (χ1v) is 6.92. The van der Waals surface area contributed by atoms with Crippen LogP contribution < -0.4 is 11.5 Å². The summed E-state index contributed by atoms with van der Waals surface area (Å²) in [4.78, 5) is 0.467. The van der Waals surface area contributed by atoms with E-state index in [1.807, 2.05) is 0 Å². The molecule has 0 aliphatic heterocycles. The molecule has 0 bridgehead atoms. The molecular formula is C13H14N2O2S. The Labute approximate surface area is 106 Å². The molecular weight excluding hydrogens is 248 g/mol. The van der Waals surface area contributed by atoms with E-state index in [1.165, 1.54) is 6.07 Å². The molecule has 0 amide bonds. The monoisotopic (exact) mass is 262 g/mol. The van der Waals surface area contributed by atoms with Crippen LogP contribution in [0.5, 0.6) is 0 Å². The number of benzene rings is 2. The Balaban J connectivity index is 2.62. The predicted octanol–water partition coefficient (Wildman–Crippen LogP) is 1.56. The van der Waals surface area contributed by atoms with Crippen LogP contribution in [0.3, 0.4) is 0 Å². The Hall–Kier alpha value is -1.85. The van der Waals surface area contributed by atoms with Gasteiger partial charge in [0.2, 0.25) is 9.84 Å². The Kier molecular flexibility index (Phi) is 3.36. The summed E-state index contributed by atoms with van der Waals surface area (Å²) in [7, 11) is -3.53. The van der Waals surface area contributed by atoms with E-state index in [1.54, 1.807) is 42.5 Å². The fourth-order valence-electron chi connectivity index (χ4n) is 1.75. The van der Waals surface area contributed by atoms with E-state index in [0.717, 1.165) is 0 Å². The summed E-state index contributed by atoms with van der Waals surface area (Å²) in [5.41, 5.74) is 12.2. The topological polar surface area (TPSA) is 86.2 Å². The molecule has 0 radical (unpaired) electrons. The van der Waals surface area contributed by atoms with Gasteiger partial charge < -0.3 is 11.5 Å². The van der Waals surface area contributed by atoms with E-state index in [9.17, 15) is 8.42 Å². The number of hydrogen-bond donors (Lipinski definition) is 2. The van der Waals surface area contributed by atoms with Crippen molar-refractivity contribution in [2.45, 2.75) is 16.3 Å². The molecule has 0 aliphatic rings. The number of rotatable bonds is 3. The number of anilines is 1. The molecule has 0 saturated heterocycles. The standard InChI is InChI=1S/C13H14N2O2S/c14-9-10-8-11(15)6-7-13(10)18(16,17)12-4-2-1-3-5-12/h1-8H,9,14-15H2. The SMILES string of the molecule is NCc1cc(N)ccc1S(=O)(=O)c1ccccc1. The number of nitrogens with two attached hydrogens (primary N) is 2. The zero-order valence-electron chi connectivity index (χ0n) is 9.71. The molecule has 0 fully saturated rings. The zero-order chi connectivity index (χ0) is 13.2. The lowest BCUT2D eigenvalue weighted by Gasteiger charge is -2.10. The molecule has 18 heavy (non-hydrogen) atoms. The third kappa shape index (κ3) is 2.23. The molecule has 0 unspecified atom stereocenters. The van der Waals surface area contributed by atoms with Crippen molar-refractivity contribution in [1.29, 1.82) is 0 Å². The van der Waals surface area contributed by atoms with Crippen molar-refractivity contribution in [1.82, 2.24) is 0 Å². The molecule has 4 N–H and O–H groups in total. The first kappa shape index (κ1) is 12.6. The first-order valence-electron chi connectivity index (χ1n) is 5.44. The summed E-state index contributed by atoms with van der Waals surface area (Å²) in [6.45, 7) is 0.131. The second kappa shape index (κ2) is 4.80. The van der Waals surface area contributed by atoms with Gasteiger partial charge >= 0.3 is 0 Å². The number of sulfone groups is 1. The molecule has 2 aromatic rings. The van der Waals surface area contributed by atoms with E-state index in [-0.39, 0.29) is 16.3 Å². The van der Waals surface area contributed by atoms with Gasteiger partial charge in [0.1, 0.15) is 0 Å². The zero-order valence-corrected chi connectivity index (χ0v) is 10.5. The van der Waals surface area contributed by atoms with E-state index in [2.05, 4.69) is 0 Å². The van der Waals surface area contributed by atoms with Gasteiger partial charge in [-0.25, -0.2) is 8.42 Å². The van der Waals surface area contributed by atoms with Gasteiger partial charge in [-0.1, -0.05) is 18.2 Å². The van der Waals surface area contributed by atoms with Gasteiger partial charge in [0.05, 0.1) is 9.79 Å². The summed E-state index contributed by atoms with van der Waals surface area (Å²) < 4.78 is 24.9. The van der Waals surface area contributed by atoms with Crippen LogP contribution in [-0.4, -0.2) is 8.42 Å². The van der Waals surface area contributed by atoms with E-state index in [0.29, 0.717) is 11.3 Å². The lowest BCUT2D eigenvalue weighted by Crippen LogP contribution is -2.09. The minimum Gasteiger partial charge on any atom is -0.399 e. The third-order valence-corrected chi connectivity index (χ3v) is 4.52. The minimum absolute atomic E-state index is 0.131. The average molecular weight is 262 g/mol. The second-order valence-electron chi connectivity index (χ2n) is 3.89. The first-order chi connectivity index (χ1) is 8.55. The molecule has 0 heterocycles. The van der Waals surface area contributed by atoms with Gasteiger partial charge in [0.15, 0.2) is 0 Å². The molecule has 0 saturated carbocycles. The summed E-state index contributed by atoms with van der Waals surface area (Å²) in [5.74, 6) is 0. The maximum absolute atomic E-state index is 12.4. The van der Waals surface area contributed by atoms with E-state index < -0.39 is 9.84 Å². The van der Waals surface area contributed by atoms with Crippen molar-refractivity contribution in [3.63, 3.8) is 0 Å². The fraction of sp³-hybridized carbons (Fsp3) is 0.0769. The highest BCUT2D eigenvalue weighted by Crippen LogP contribution is 2.25. The Morgan fingerprint density at radius 3 is 2.28 bits per heavy atom. The van der Waals surface area contributed by atoms with Crippen molar-refractivity contribution >= 4 is 15.5 Å². The van der Waals surface area contributed by atoms with Gasteiger partial charge in [-0.15, -0.1) is 0 Å². The molecule has 2 aromatic carbocycles. The molecule has 94 valence electrons. The highest BCUT2D eigenvalue weighted by atomic mass is 32.2. The van der Waals surface area contributed by atoms with Crippen LogP contribution in [0.1, 0.15) is 5.56 Å². The van der Waals surface area contributed by atoms with Gasteiger partial charge in [-0.05, 0) is 35.9 Å². The van der Waals surface area contributed by atoms with Crippen molar-refractivity contribution in [2.24, 2.45) is 5.73 Å². The molecule has 5 heteroatoms. The van der Waals surface area contributed by atoms with Gasteiger partial charge in [0.25, 0.3) is 0 Å². The van der Waals surface area contributed by atoms with Gasteiger partial charge in [-0.3, -0.25) is 0 Å². The lowest BCUT2D eigenvalue weighted by atomic mass is 10.2. The van der Waals surface area contributed by atoms with Crippen molar-refractivity contribution in [2.75, 3.05) is 5.73 Å². The van der Waals surface area contributed by atoms with Crippen LogP contribution in [0.15, 0.2) is 58.3 Å². The molecule has 4 nitrogen and oxygen atoms in total. The van der Waals surface area contributed by atoms with Crippen LogP contribution in [0.4, 0.5) is 5.69 Å². The maximum Gasteiger partial charge on any atom is 0.206 e. The molecule has 0 atom stereocenters. The van der Waals surface area contributed by atoms with Crippen LogP contribution in [0.2, 0.25) is 0 Å². The smallest absolute Gasteiger partial charge is 0.206 e. The minimum atomic E-state index is -3.53. The molecule has 0 aliphatic carbocycles. The van der Waals surface area contributed by atoms with Crippen LogP contribution in [0, 0.1) is 0 Å². The Morgan fingerprint density at radius 2 is 1.67 bits per heavy atom. The van der Waals surface area contributed by atoms with Gasteiger partial charge in [0, 0.05) is 12.2 Å². The normalized spacial score (nSPS) is 11.4. The summed E-state index contributed by atoms with van der Waals surface area (Å²) >= 11 is 0. The average Bonchev–Trinajstić information content (AvgIpc) is 2.39. The Morgan fingerprint density at radius 1 is 1.00 bits per heavy atom. The van der Waals surface area contributed by atoms with E-state index >= 15 is 0 Å². The van der Waals surface area contributed by atoms with Crippen LogP contribution in [0.25, 0.3) is 0 Å². The summed E-state index contributed by atoms with van der Waals surface area (Å²) in [5, 5.41) is 0. The highest BCUT2D eigenvalue weighted by Gasteiger charge is 2.20. The number of hydrogen-bond acceptors (Lipinski definition) is 4. The maximum atomic E-state index is 12.4.